The molecule has 0 atom stereocenters. The summed E-state index contributed by atoms with van der Waals surface area (Å²) in [5.74, 6) is 0.795. The van der Waals surface area contributed by atoms with Crippen LogP contribution in [-0.2, 0) is 0 Å². The summed E-state index contributed by atoms with van der Waals surface area (Å²) in [6, 6.07) is 11.8. The predicted octanol–water partition coefficient (Wildman–Crippen LogP) is 5.05. The SMILES string of the molecule is CCOc1cccc2c1[nH]c(=S)n2-c1ccc(C)cc1Cl. The summed E-state index contributed by atoms with van der Waals surface area (Å²) in [7, 11) is 0. The van der Waals surface area contributed by atoms with Gasteiger partial charge in [-0.3, -0.25) is 4.57 Å². The lowest BCUT2D eigenvalue weighted by Gasteiger charge is -2.09. The molecule has 3 nitrogen and oxygen atoms in total. The van der Waals surface area contributed by atoms with Gasteiger partial charge in [0.1, 0.15) is 11.3 Å². The van der Waals surface area contributed by atoms with Crippen LogP contribution in [0.3, 0.4) is 0 Å². The molecular weight excluding hydrogens is 304 g/mol. The van der Waals surface area contributed by atoms with Crippen LogP contribution in [0.1, 0.15) is 12.5 Å². The molecule has 0 saturated heterocycles. The van der Waals surface area contributed by atoms with Crippen molar-refractivity contribution in [2.45, 2.75) is 13.8 Å². The van der Waals surface area contributed by atoms with Gasteiger partial charge in [-0.25, -0.2) is 0 Å². The lowest BCUT2D eigenvalue weighted by Crippen LogP contribution is -1.96. The number of fused-ring (bicyclic) bond motifs is 1. The molecule has 1 aromatic heterocycles. The molecule has 0 aliphatic heterocycles. The Morgan fingerprint density at radius 2 is 2.10 bits per heavy atom. The van der Waals surface area contributed by atoms with Crippen LogP contribution < -0.4 is 4.74 Å². The zero-order valence-corrected chi connectivity index (χ0v) is 13.4. The zero-order valence-electron chi connectivity index (χ0n) is 11.8. The molecule has 0 aliphatic carbocycles. The van der Waals surface area contributed by atoms with Crippen molar-refractivity contribution in [1.29, 1.82) is 0 Å². The van der Waals surface area contributed by atoms with E-state index in [9.17, 15) is 0 Å². The summed E-state index contributed by atoms with van der Waals surface area (Å²) in [5.41, 5.74) is 3.83. The van der Waals surface area contributed by atoms with Crippen LogP contribution in [0.5, 0.6) is 5.75 Å². The van der Waals surface area contributed by atoms with E-state index in [4.69, 9.17) is 28.6 Å². The van der Waals surface area contributed by atoms with E-state index < -0.39 is 0 Å². The van der Waals surface area contributed by atoms with Gasteiger partial charge in [-0.15, -0.1) is 0 Å². The largest absolute Gasteiger partial charge is 0.492 e. The molecule has 0 saturated carbocycles. The zero-order chi connectivity index (χ0) is 15.0. The van der Waals surface area contributed by atoms with E-state index in [0.29, 0.717) is 16.4 Å². The monoisotopic (exact) mass is 318 g/mol. The Hall–Kier alpha value is -1.78. The van der Waals surface area contributed by atoms with Crippen LogP contribution in [0.4, 0.5) is 0 Å². The minimum atomic E-state index is 0.600. The Bertz CT molecular complexity index is 866. The van der Waals surface area contributed by atoms with Gasteiger partial charge in [0.15, 0.2) is 4.77 Å². The summed E-state index contributed by atoms with van der Waals surface area (Å²) >= 11 is 11.8. The first kappa shape index (κ1) is 14.2. The molecule has 0 radical (unpaired) electrons. The molecule has 1 heterocycles. The number of ether oxygens (including phenoxy) is 1. The molecule has 2 aromatic carbocycles. The van der Waals surface area contributed by atoms with Crippen molar-refractivity contribution >= 4 is 34.9 Å². The highest BCUT2D eigenvalue weighted by atomic mass is 35.5. The van der Waals surface area contributed by atoms with Gasteiger partial charge >= 0.3 is 0 Å². The molecule has 3 aromatic rings. The van der Waals surface area contributed by atoms with Crippen molar-refractivity contribution in [3.63, 3.8) is 0 Å². The van der Waals surface area contributed by atoms with Crippen molar-refractivity contribution in [2.75, 3.05) is 6.61 Å². The summed E-state index contributed by atoms with van der Waals surface area (Å²) in [4.78, 5) is 3.21. The predicted molar refractivity (Wildman–Crippen MR) is 89.4 cm³/mol. The summed E-state index contributed by atoms with van der Waals surface area (Å²) in [6.45, 7) is 4.58. The number of nitrogens with one attached hydrogen (secondary N) is 1. The number of aryl methyl sites for hydroxylation is 1. The number of nitrogens with zero attached hydrogens (tertiary/aromatic N) is 1. The molecule has 0 unspecified atom stereocenters. The first-order valence-electron chi connectivity index (χ1n) is 6.75. The minimum Gasteiger partial charge on any atom is -0.492 e. The third-order valence-corrected chi connectivity index (χ3v) is 3.91. The third kappa shape index (κ3) is 2.45. The third-order valence-electron chi connectivity index (χ3n) is 3.32. The molecule has 0 amide bonds. The number of aromatic amines is 1. The van der Waals surface area contributed by atoms with Gasteiger partial charge in [0.2, 0.25) is 0 Å². The average molecular weight is 319 g/mol. The normalized spacial score (nSPS) is 11.0. The Labute approximate surface area is 133 Å². The number of hydrogen-bond acceptors (Lipinski definition) is 2. The molecular formula is C16H15ClN2OS. The van der Waals surface area contributed by atoms with Crippen LogP contribution in [0.25, 0.3) is 16.7 Å². The van der Waals surface area contributed by atoms with Gasteiger partial charge in [-0.2, -0.15) is 0 Å². The first-order valence-corrected chi connectivity index (χ1v) is 7.53. The smallest absolute Gasteiger partial charge is 0.182 e. The van der Waals surface area contributed by atoms with Crippen molar-refractivity contribution in [3.8, 4) is 11.4 Å². The van der Waals surface area contributed by atoms with Gasteiger partial charge < -0.3 is 9.72 Å². The van der Waals surface area contributed by atoms with Gasteiger partial charge in [0.25, 0.3) is 0 Å². The maximum absolute atomic E-state index is 6.38. The van der Waals surface area contributed by atoms with Crippen LogP contribution in [0.2, 0.25) is 5.02 Å². The van der Waals surface area contributed by atoms with E-state index in [1.165, 1.54) is 0 Å². The molecule has 0 bridgehead atoms. The quantitative estimate of drug-likeness (QED) is 0.685. The lowest BCUT2D eigenvalue weighted by molar-refractivity contribution is 0.343. The van der Waals surface area contributed by atoms with E-state index in [1.54, 1.807) is 0 Å². The summed E-state index contributed by atoms with van der Waals surface area (Å²) in [5, 5.41) is 0.675. The number of halogens is 1. The second-order valence-corrected chi connectivity index (χ2v) is 5.60. The van der Waals surface area contributed by atoms with E-state index >= 15 is 0 Å². The molecule has 21 heavy (non-hydrogen) atoms. The number of benzene rings is 2. The number of imidazole rings is 1. The Balaban J connectivity index is 2.30. The van der Waals surface area contributed by atoms with Crippen molar-refractivity contribution < 1.29 is 4.74 Å². The molecule has 5 heteroatoms. The number of H-pyrrole nitrogens is 1. The van der Waals surface area contributed by atoms with Crippen molar-refractivity contribution in [3.05, 3.63) is 51.8 Å². The molecule has 3 rings (SSSR count). The Kier molecular flexibility index (Phi) is 3.74. The number of hydrogen-bond donors (Lipinski definition) is 1. The molecule has 0 fully saturated rings. The van der Waals surface area contributed by atoms with E-state index in [-0.39, 0.29) is 0 Å². The summed E-state index contributed by atoms with van der Waals surface area (Å²) in [6.07, 6.45) is 0. The second-order valence-electron chi connectivity index (χ2n) is 4.80. The van der Waals surface area contributed by atoms with E-state index in [2.05, 4.69) is 4.98 Å². The summed E-state index contributed by atoms with van der Waals surface area (Å²) < 4.78 is 8.19. The molecule has 108 valence electrons. The fourth-order valence-corrected chi connectivity index (χ4v) is 3.03. The minimum absolute atomic E-state index is 0.600. The van der Waals surface area contributed by atoms with Gasteiger partial charge in [-0.1, -0.05) is 23.7 Å². The second kappa shape index (κ2) is 5.54. The van der Waals surface area contributed by atoms with E-state index in [1.807, 2.05) is 54.8 Å². The molecule has 0 aliphatic rings. The fraction of sp³-hybridized carbons (Fsp3) is 0.188. The highest BCUT2D eigenvalue weighted by molar-refractivity contribution is 7.71. The van der Waals surface area contributed by atoms with Crippen molar-refractivity contribution in [2.24, 2.45) is 0 Å². The van der Waals surface area contributed by atoms with Crippen LogP contribution in [-0.4, -0.2) is 16.2 Å². The molecule has 1 N–H and O–H groups in total. The van der Waals surface area contributed by atoms with Gasteiger partial charge in [0, 0.05) is 0 Å². The average Bonchev–Trinajstić information content (AvgIpc) is 2.77. The standard InChI is InChI=1S/C16H15ClN2OS/c1-3-20-14-6-4-5-13-15(14)18-16(21)19(13)12-8-7-10(2)9-11(12)17/h4-9H,3H2,1-2H3,(H,18,21). The highest BCUT2D eigenvalue weighted by Gasteiger charge is 2.12. The number of para-hydroxylation sites is 1. The maximum atomic E-state index is 6.38. The number of aromatic nitrogens is 2. The van der Waals surface area contributed by atoms with Crippen LogP contribution in [0, 0.1) is 11.7 Å². The molecule has 0 spiro atoms. The Morgan fingerprint density at radius 3 is 2.81 bits per heavy atom. The van der Waals surface area contributed by atoms with E-state index in [0.717, 1.165) is 28.0 Å². The topological polar surface area (TPSA) is 29.9 Å². The van der Waals surface area contributed by atoms with Crippen LogP contribution >= 0.6 is 23.8 Å². The fourth-order valence-electron chi connectivity index (χ4n) is 2.41. The Morgan fingerprint density at radius 1 is 1.29 bits per heavy atom. The van der Waals surface area contributed by atoms with Crippen LogP contribution in [0.15, 0.2) is 36.4 Å². The lowest BCUT2D eigenvalue weighted by atomic mass is 10.2. The van der Waals surface area contributed by atoms with Gasteiger partial charge in [0.05, 0.1) is 22.8 Å². The first-order chi connectivity index (χ1) is 10.1. The maximum Gasteiger partial charge on any atom is 0.182 e. The van der Waals surface area contributed by atoms with Gasteiger partial charge in [-0.05, 0) is 55.9 Å². The number of rotatable bonds is 3. The van der Waals surface area contributed by atoms with Crippen molar-refractivity contribution in [1.82, 2.24) is 9.55 Å². The highest BCUT2D eigenvalue weighted by Crippen LogP contribution is 2.30.